The Labute approximate surface area is 83.2 Å². The molecule has 1 saturated heterocycles. The molecule has 5 nitrogen and oxygen atoms in total. The number of carbonyl (C=O) groups excluding carboxylic acids is 1. The van der Waals surface area contributed by atoms with Gasteiger partial charge in [-0.05, 0) is 19.3 Å². The Morgan fingerprint density at radius 2 is 2.29 bits per heavy atom. The predicted octanol–water partition coefficient (Wildman–Crippen LogP) is -1.29. The standard InChI is InChI=1S/C9H17N3O2/c10-5-4-6(5)12-9(13)8(11)7-2-1-3-14-7/h5-8H,1-4,10-11H2,(H,12,13). The van der Waals surface area contributed by atoms with Gasteiger partial charge < -0.3 is 21.5 Å². The smallest absolute Gasteiger partial charge is 0.239 e. The molecule has 0 spiro atoms. The van der Waals surface area contributed by atoms with E-state index in [4.69, 9.17) is 16.2 Å². The second-order valence-electron chi connectivity index (χ2n) is 4.09. The Bertz CT molecular complexity index is 228. The van der Waals surface area contributed by atoms with Gasteiger partial charge in [-0.1, -0.05) is 0 Å². The Balaban J connectivity index is 1.78. The van der Waals surface area contributed by atoms with Gasteiger partial charge in [0.2, 0.25) is 5.91 Å². The fourth-order valence-corrected chi connectivity index (χ4v) is 1.71. The summed E-state index contributed by atoms with van der Waals surface area (Å²) >= 11 is 0. The number of amides is 1. The molecule has 5 N–H and O–H groups in total. The van der Waals surface area contributed by atoms with E-state index in [2.05, 4.69) is 5.32 Å². The molecule has 1 aliphatic carbocycles. The van der Waals surface area contributed by atoms with Gasteiger partial charge in [-0.2, -0.15) is 0 Å². The minimum Gasteiger partial charge on any atom is -0.376 e. The van der Waals surface area contributed by atoms with E-state index >= 15 is 0 Å². The number of ether oxygens (including phenoxy) is 1. The molecule has 0 bridgehead atoms. The van der Waals surface area contributed by atoms with Crippen molar-refractivity contribution in [2.75, 3.05) is 6.61 Å². The molecule has 14 heavy (non-hydrogen) atoms. The Kier molecular flexibility index (Phi) is 2.71. The van der Waals surface area contributed by atoms with E-state index in [1.165, 1.54) is 0 Å². The van der Waals surface area contributed by atoms with Crippen LogP contribution in [0.3, 0.4) is 0 Å². The number of nitrogens with one attached hydrogen (secondary N) is 1. The van der Waals surface area contributed by atoms with Gasteiger partial charge in [0.1, 0.15) is 6.04 Å². The zero-order chi connectivity index (χ0) is 10.1. The quantitative estimate of drug-likeness (QED) is 0.527. The van der Waals surface area contributed by atoms with Crippen LogP contribution in [0.2, 0.25) is 0 Å². The SMILES string of the molecule is NC1CC1NC(=O)C(N)C1CCCO1. The number of hydrogen-bond donors (Lipinski definition) is 3. The summed E-state index contributed by atoms with van der Waals surface area (Å²) in [6.45, 7) is 0.717. The molecule has 2 fully saturated rings. The van der Waals surface area contributed by atoms with Crippen molar-refractivity contribution in [3.8, 4) is 0 Å². The highest BCUT2D eigenvalue weighted by molar-refractivity contribution is 5.82. The minimum atomic E-state index is -0.537. The highest BCUT2D eigenvalue weighted by atomic mass is 16.5. The van der Waals surface area contributed by atoms with E-state index < -0.39 is 6.04 Å². The van der Waals surface area contributed by atoms with E-state index in [1.807, 2.05) is 0 Å². The van der Waals surface area contributed by atoms with Crippen LogP contribution in [-0.2, 0) is 9.53 Å². The summed E-state index contributed by atoms with van der Waals surface area (Å²) in [4.78, 5) is 11.6. The van der Waals surface area contributed by atoms with Crippen molar-refractivity contribution in [3.63, 3.8) is 0 Å². The summed E-state index contributed by atoms with van der Waals surface area (Å²) in [5.41, 5.74) is 11.3. The molecular formula is C9H17N3O2. The normalized spacial score (nSPS) is 38.0. The van der Waals surface area contributed by atoms with Gasteiger partial charge in [0.15, 0.2) is 0 Å². The maximum absolute atomic E-state index is 11.6. The van der Waals surface area contributed by atoms with Crippen LogP contribution in [0.1, 0.15) is 19.3 Å². The molecule has 5 heteroatoms. The first kappa shape index (κ1) is 9.89. The second kappa shape index (κ2) is 3.84. The first-order chi connectivity index (χ1) is 6.68. The molecule has 2 aliphatic rings. The zero-order valence-electron chi connectivity index (χ0n) is 8.11. The highest BCUT2D eigenvalue weighted by Gasteiger charge is 2.37. The lowest BCUT2D eigenvalue weighted by molar-refractivity contribution is -0.125. The van der Waals surface area contributed by atoms with Crippen LogP contribution in [0.5, 0.6) is 0 Å². The molecule has 0 radical (unpaired) electrons. The largest absolute Gasteiger partial charge is 0.376 e. The first-order valence-electron chi connectivity index (χ1n) is 5.11. The van der Waals surface area contributed by atoms with Crippen LogP contribution in [0.15, 0.2) is 0 Å². The minimum absolute atomic E-state index is 0.107. The van der Waals surface area contributed by atoms with Crippen LogP contribution in [0.25, 0.3) is 0 Å². The van der Waals surface area contributed by atoms with Gasteiger partial charge in [-0.25, -0.2) is 0 Å². The third-order valence-corrected chi connectivity index (χ3v) is 2.84. The first-order valence-corrected chi connectivity index (χ1v) is 5.11. The van der Waals surface area contributed by atoms with Crippen LogP contribution in [0, 0.1) is 0 Å². The number of rotatable bonds is 3. The summed E-state index contributed by atoms with van der Waals surface area (Å²) < 4.78 is 5.35. The Morgan fingerprint density at radius 3 is 2.79 bits per heavy atom. The number of carbonyl (C=O) groups is 1. The molecule has 2 rings (SSSR count). The maximum atomic E-state index is 11.6. The lowest BCUT2D eigenvalue weighted by atomic mass is 10.1. The van der Waals surface area contributed by atoms with Crippen molar-refractivity contribution in [2.45, 2.75) is 43.5 Å². The van der Waals surface area contributed by atoms with Crippen LogP contribution in [-0.4, -0.2) is 36.7 Å². The third-order valence-electron chi connectivity index (χ3n) is 2.84. The van der Waals surface area contributed by atoms with E-state index in [0.717, 1.165) is 19.3 Å². The maximum Gasteiger partial charge on any atom is 0.239 e. The van der Waals surface area contributed by atoms with E-state index in [0.29, 0.717) is 6.61 Å². The van der Waals surface area contributed by atoms with Crippen molar-refractivity contribution in [1.82, 2.24) is 5.32 Å². The molecule has 0 aromatic heterocycles. The fraction of sp³-hybridized carbons (Fsp3) is 0.889. The lowest BCUT2D eigenvalue weighted by Gasteiger charge is -2.17. The van der Waals surface area contributed by atoms with E-state index in [9.17, 15) is 4.79 Å². The van der Waals surface area contributed by atoms with Crippen molar-refractivity contribution >= 4 is 5.91 Å². The summed E-state index contributed by atoms with van der Waals surface area (Å²) in [7, 11) is 0. The fourth-order valence-electron chi connectivity index (χ4n) is 1.71. The molecule has 1 heterocycles. The molecule has 1 amide bonds. The Hall–Kier alpha value is -0.650. The van der Waals surface area contributed by atoms with Gasteiger partial charge in [-0.15, -0.1) is 0 Å². The van der Waals surface area contributed by atoms with Gasteiger partial charge in [0.05, 0.1) is 6.10 Å². The summed E-state index contributed by atoms with van der Waals surface area (Å²) in [5, 5.41) is 2.81. The monoisotopic (exact) mass is 199 g/mol. The molecular weight excluding hydrogens is 182 g/mol. The average molecular weight is 199 g/mol. The molecule has 4 atom stereocenters. The van der Waals surface area contributed by atoms with Crippen molar-refractivity contribution in [1.29, 1.82) is 0 Å². The topological polar surface area (TPSA) is 90.4 Å². The summed E-state index contributed by atoms with van der Waals surface area (Å²) in [5.74, 6) is -0.130. The van der Waals surface area contributed by atoms with E-state index in [-0.39, 0.29) is 24.1 Å². The molecule has 1 saturated carbocycles. The molecule has 80 valence electrons. The summed E-state index contributed by atoms with van der Waals surface area (Å²) in [6, 6.07) is -0.282. The highest BCUT2D eigenvalue weighted by Crippen LogP contribution is 2.19. The van der Waals surface area contributed by atoms with E-state index in [1.54, 1.807) is 0 Å². The van der Waals surface area contributed by atoms with Gasteiger partial charge in [0, 0.05) is 18.7 Å². The van der Waals surface area contributed by atoms with Crippen LogP contribution >= 0.6 is 0 Å². The van der Waals surface area contributed by atoms with Crippen LogP contribution in [0.4, 0.5) is 0 Å². The summed E-state index contributed by atoms with van der Waals surface area (Å²) in [6.07, 6.45) is 2.63. The zero-order valence-corrected chi connectivity index (χ0v) is 8.11. The Morgan fingerprint density at radius 1 is 1.57 bits per heavy atom. The van der Waals surface area contributed by atoms with Gasteiger partial charge >= 0.3 is 0 Å². The second-order valence-corrected chi connectivity index (χ2v) is 4.09. The van der Waals surface area contributed by atoms with Crippen molar-refractivity contribution in [2.24, 2.45) is 11.5 Å². The lowest BCUT2D eigenvalue weighted by Crippen LogP contribution is -2.49. The van der Waals surface area contributed by atoms with Crippen LogP contribution < -0.4 is 16.8 Å². The van der Waals surface area contributed by atoms with Crippen molar-refractivity contribution in [3.05, 3.63) is 0 Å². The predicted molar refractivity (Wildman–Crippen MR) is 51.5 cm³/mol. The molecule has 0 aromatic rings. The van der Waals surface area contributed by atoms with Gasteiger partial charge in [-0.3, -0.25) is 4.79 Å². The molecule has 0 aromatic carbocycles. The number of nitrogens with two attached hydrogens (primary N) is 2. The average Bonchev–Trinajstić information content (AvgIpc) is 2.72. The molecule has 1 aliphatic heterocycles. The molecule has 4 unspecified atom stereocenters. The third kappa shape index (κ3) is 2.05. The van der Waals surface area contributed by atoms with Crippen molar-refractivity contribution < 1.29 is 9.53 Å². The number of hydrogen-bond acceptors (Lipinski definition) is 4. The van der Waals surface area contributed by atoms with Gasteiger partial charge in [0.25, 0.3) is 0 Å².